The molecule has 4 aromatic carbocycles. The third-order valence-corrected chi connectivity index (χ3v) is 16.7. The predicted octanol–water partition coefficient (Wildman–Crippen LogP) is 10.2. The van der Waals surface area contributed by atoms with Crippen LogP contribution in [0.25, 0.3) is 22.5 Å². The molecule has 2 fully saturated rings. The highest BCUT2D eigenvalue weighted by molar-refractivity contribution is 7.89. The molecule has 0 unspecified atom stereocenters. The molecule has 2 aromatic heterocycles. The van der Waals surface area contributed by atoms with Crippen molar-refractivity contribution in [1.29, 1.82) is 0 Å². The van der Waals surface area contributed by atoms with Gasteiger partial charge in [-0.3, -0.25) is 0 Å². The maximum atomic E-state index is 13.4. The summed E-state index contributed by atoms with van der Waals surface area (Å²) in [6.07, 6.45) is 0. The monoisotopic (exact) mass is 970 g/mol. The van der Waals surface area contributed by atoms with Crippen molar-refractivity contribution in [2.24, 2.45) is 0 Å². The van der Waals surface area contributed by atoms with Crippen LogP contribution in [-0.2, 0) is 20.0 Å². The zero-order valence-electron chi connectivity index (χ0n) is 32.0. The van der Waals surface area contributed by atoms with Crippen molar-refractivity contribution >= 4 is 99.4 Å². The van der Waals surface area contributed by atoms with Crippen LogP contribution in [-0.4, -0.2) is 87.8 Å². The second-order valence-electron chi connectivity index (χ2n) is 13.9. The van der Waals surface area contributed by atoms with E-state index in [0.29, 0.717) is 49.3 Å². The summed E-state index contributed by atoms with van der Waals surface area (Å²) in [5.41, 5.74) is 5.95. The number of thiazole rings is 2. The molecule has 0 spiro atoms. The minimum absolute atomic E-state index is 0.00816. The minimum Gasteiger partial charge on any atom is -0.345 e. The molecular formula is C40H36Cl4F2N6O4S4. The Kier molecular flexibility index (Phi) is 13.8. The predicted molar refractivity (Wildman–Crippen MR) is 239 cm³/mol. The van der Waals surface area contributed by atoms with Crippen LogP contribution in [0.4, 0.5) is 19.0 Å². The van der Waals surface area contributed by atoms with Gasteiger partial charge >= 0.3 is 0 Å². The first-order valence-corrected chi connectivity index (χ1v) is 24.5. The Labute approximate surface area is 375 Å². The van der Waals surface area contributed by atoms with Crippen LogP contribution in [0, 0.1) is 25.5 Å². The summed E-state index contributed by atoms with van der Waals surface area (Å²) in [5, 5.41) is 6.29. The molecule has 316 valence electrons. The fourth-order valence-corrected chi connectivity index (χ4v) is 12.2. The first-order chi connectivity index (χ1) is 28.5. The van der Waals surface area contributed by atoms with E-state index in [4.69, 9.17) is 51.4 Å². The third kappa shape index (κ3) is 9.78. The fourth-order valence-electron chi connectivity index (χ4n) is 6.59. The SMILES string of the molecule is Cc1ccc(C)c(-c2csc(N3CCN(S(=O)(=O)c4ccc(F)c(Cl)c4)CC3)n2)c1.O=S(=O)(c1ccc(F)c(Cl)c1)N1CCN(c2nc(-c3ccc(Cl)cc3Cl)cs2)CC1. The Hall–Kier alpha value is -3.42. The third-order valence-electron chi connectivity index (χ3n) is 9.94. The van der Waals surface area contributed by atoms with E-state index < -0.39 is 31.7 Å². The summed E-state index contributed by atoms with van der Waals surface area (Å²) < 4.78 is 80.9. The van der Waals surface area contributed by atoms with Gasteiger partial charge in [-0.1, -0.05) is 64.1 Å². The summed E-state index contributed by atoms with van der Waals surface area (Å²) in [7, 11) is -7.46. The molecule has 0 aliphatic carbocycles. The molecule has 0 saturated carbocycles. The van der Waals surface area contributed by atoms with E-state index in [1.165, 1.54) is 43.2 Å². The molecule has 4 heterocycles. The van der Waals surface area contributed by atoms with E-state index in [2.05, 4.69) is 41.9 Å². The number of hydrogen-bond donors (Lipinski definition) is 0. The lowest BCUT2D eigenvalue weighted by molar-refractivity contribution is 0.384. The largest absolute Gasteiger partial charge is 0.345 e. The van der Waals surface area contributed by atoms with Crippen molar-refractivity contribution in [2.75, 3.05) is 62.2 Å². The molecule has 2 aliphatic heterocycles. The molecule has 10 nitrogen and oxygen atoms in total. The second-order valence-corrected chi connectivity index (χ2v) is 21.1. The topological polar surface area (TPSA) is 107 Å². The Morgan fingerprint density at radius 2 is 1.02 bits per heavy atom. The molecule has 0 N–H and O–H groups in total. The van der Waals surface area contributed by atoms with Crippen LogP contribution in [0.2, 0.25) is 20.1 Å². The van der Waals surface area contributed by atoms with Crippen molar-refractivity contribution < 1.29 is 25.6 Å². The van der Waals surface area contributed by atoms with Crippen molar-refractivity contribution in [3.05, 3.63) is 126 Å². The molecule has 20 heteroatoms. The number of nitrogens with zero attached hydrogens (tertiary/aromatic N) is 6. The maximum Gasteiger partial charge on any atom is 0.243 e. The van der Waals surface area contributed by atoms with Gasteiger partial charge in [0, 0.05) is 79.3 Å². The quantitative estimate of drug-likeness (QED) is 0.149. The highest BCUT2D eigenvalue weighted by Gasteiger charge is 2.31. The van der Waals surface area contributed by atoms with Gasteiger partial charge in [0.05, 0.1) is 36.2 Å². The number of sulfonamides is 2. The Morgan fingerprint density at radius 1 is 0.550 bits per heavy atom. The lowest BCUT2D eigenvalue weighted by Crippen LogP contribution is -2.48. The molecule has 0 radical (unpaired) electrons. The van der Waals surface area contributed by atoms with Gasteiger partial charge in [-0.25, -0.2) is 35.6 Å². The van der Waals surface area contributed by atoms with Crippen molar-refractivity contribution in [1.82, 2.24) is 18.6 Å². The van der Waals surface area contributed by atoms with E-state index in [1.807, 2.05) is 21.7 Å². The highest BCUT2D eigenvalue weighted by Crippen LogP contribution is 2.35. The molecule has 6 aromatic rings. The first-order valence-electron chi connectivity index (χ1n) is 18.4. The molecule has 0 amide bonds. The standard InChI is InChI=1S/C21H21ClFN3O2S2.C19H15Cl3FN3O2S2/c1-14-3-4-15(2)17(11-14)20-13-29-21(24-20)25-7-9-26(10-8-25)30(27,28)16-5-6-19(23)18(22)12-16;20-12-1-3-14(15(21)9-12)18-11-29-19(24-18)25-5-7-26(8-6-25)30(27,28)13-2-4-17(23)16(22)10-13/h3-6,11-13H,7-10H2,1-2H3;1-4,9-11H,5-8H2. The number of aromatic nitrogens is 2. The van der Waals surface area contributed by atoms with Gasteiger partial charge in [-0.2, -0.15) is 8.61 Å². The Balaban J connectivity index is 0.000000181. The minimum atomic E-state index is -3.75. The maximum absolute atomic E-state index is 13.4. The molecular weight excluding hydrogens is 937 g/mol. The van der Waals surface area contributed by atoms with Crippen molar-refractivity contribution in [3.63, 3.8) is 0 Å². The van der Waals surface area contributed by atoms with Gasteiger partial charge in [0.1, 0.15) is 11.6 Å². The number of piperazine rings is 2. The fraction of sp³-hybridized carbons (Fsp3) is 0.250. The van der Waals surface area contributed by atoms with E-state index in [0.717, 1.165) is 57.0 Å². The van der Waals surface area contributed by atoms with Gasteiger partial charge < -0.3 is 9.80 Å². The molecule has 0 bridgehead atoms. The molecule has 2 saturated heterocycles. The van der Waals surface area contributed by atoms with Crippen LogP contribution in [0.15, 0.2) is 93.3 Å². The molecule has 0 atom stereocenters. The number of halogens is 6. The van der Waals surface area contributed by atoms with Gasteiger partial charge in [0.2, 0.25) is 20.0 Å². The lowest BCUT2D eigenvalue weighted by atomic mass is 10.0. The zero-order chi connectivity index (χ0) is 42.9. The van der Waals surface area contributed by atoms with E-state index in [9.17, 15) is 25.6 Å². The van der Waals surface area contributed by atoms with Crippen LogP contribution >= 0.6 is 69.1 Å². The van der Waals surface area contributed by atoms with Crippen LogP contribution < -0.4 is 9.80 Å². The first kappa shape index (κ1) is 44.6. The number of anilines is 2. The highest BCUT2D eigenvalue weighted by atomic mass is 35.5. The van der Waals surface area contributed by atoms with Crippen LogP contribution in [0.1, 0.15) is 11.1 Å². The summed E-state index contributed by atoms with van der Waals surface area (Å²) in [6, 6.07) is 18.5. The molecule has 8 rings (SSSR count). The lowest BCUT2D eigenvalue weighted by Gasteiger charge is -2.33. The molecule has 2 aliphatic rings. The van der Waals surface area contributed by atoms with Gasteiger partial charge in [-0.15, -0.1) is 22.7 Å². The summed E-state index contributed by atoms with van der Waals surface area (Å²) in [5.74, 6) is -1.29. The Morgan fingerprint density at radius 3 is 1.47 bits per heavy atom. The second kappa shape index (κ2) is 18.5. The Bertz CT molecular complexity index is 2760. The van der Waals surface area contributed by atoms with E-state index in [-0.39, 0.29) is 32.9 Å². The number of rotatable bonds is 8. The summed E-state index contributed by atoms with van der Waals surface area (Å²) in [4.78, 5) is 13.6. The van der Waals surface area contributed by atoms with E-state index in [1.54, 1.807) is 23.5 Å². The normalized spacial score (nSPS) is 15.5. The summed E-state index contributed by atoms with van der Waals surface area (Å²) >= 11 is 26.8. The van der Waals surface area contributed by atoms with Gasteiger partial charge in [-0.05, 0) is 80.1 Å². The average molecular weight is 973 g/mol. The summed E-state index contributed by atoms with van der Waals surface area (Å²) in [6.45, 7) is 7.39. The van der Waals surface area contributed by atoms with Crippen LogP contribution in [0.3, 0.4) is 0 Å². The average Bonchev–Trinajstić information content (AvgIpc) is 3.93. The van der Waals surface area contributed by atoms with E-state index >= 15 is 0 Å². The smallest absolute Gasteiger partial charge is 0.243 e. The number of hydrogen-bond acceptors (Lipinski definition) is 10. The number of benzene rings is 4. The zero-order valence-corrected chi connectivity index (χ0v) is 38.2. The van der Waals surface area contributed by atoms with Gasteiger partial charge in [0.15, 0.2) is 10.3 Å². The van der Waals surface area contributed by atoms with Gasteiger partial charge in [0.25, 0.3) is 0 Å². The number of aryl methyl sites for hydroxylation is 2. The van der Waals surface area contributed by atoms with Crippen molar-refractivity contribution in [3.8, 4) is 22.5 Å². The molecule has 60 heavy (non-hydrogen) atoms. The van der Waals surface area contributed by atoms with Crippen molar-refractivity contribution in [2.45, 2.75) is 23.6 Å². The van der Waals surface area contributed by atoms with Crippen LogP contribution in [0.5, 0.6) is 0 Å².